The third-order valence-corrected chi connectivity index (χ3v) is 7.72. The maximum absolute atomic E-state index is 13.0. The van der Waals surface area contributed by atoms with Crippen molar-refractivity contribution < 1.29 is 8.42 Å². The number of aromatic nitrogens is 1. The Labute approximate surface area is 187 Å². The second-order valence-corrected chi connectivity index (χ2v) is 10.1. The van der Waals surface area contributed by atoms with Crippen molar-refractivity contribution >= 4 is 33.2 Å². The number of aryl methyl sites for hydroxylation is 1. The molecule has 0 saturated heterocycles. The molecule has 1 aliphatic rings. The summed E-state index contributed by atoms with van der Waals surface area (Å²) < 4.78 is 30.7. The average molecular weight is 464 g/mol. The summed E-state index contributed by atoms with van der Waals surface area (Å²) in [7, 11) is -1.84. The monoisotopic (exact) mass is 463 g/mol. The molecular formula is C22H23Cl2N3O2S. The van der Waals surface area contributed by atoms with Gasteiger partial charge in [0.25, 0.3) is 0 Å². The highest BCUT2D eigenvalue weighted by Crippen LogP contribution is 2.29. The number of nitrogens with one attached hydrogen (secondary N) is 1. The van der Waals surface area contributed by atoms with E-state index in [9.17, 15) is 8.42 Å². The Morgan fingerprint density at radius 2 is 1.83 bits per heavy atom. The van der Waals surface area contributed by atoms with E-state index in [1.165, 1.54) is 23.3 Å². The van der Waals surface area contributed by atoms with Crippen LogP contribution in [0.2, 0.25) is 10.0 Å². The van der Waals surface area contributed by atoms with Crippen LogP contribution < -0.4 is 4.72 Å². The molecule has 1 unspecified atom stereocenters. The highest BCUT2D eigenvalue weighted by atomic mass is 35.5. The van der Waals surface area contributed by atoms with Gasteiger partial charge in [-0.15, -0.1) is 0 Å². The highest BCUT2D eigenvalue weighted by Gasteiger charge is 2.28. The van der Waals surface area contributed by atoms with E-state index in [2.05, 4.69) is 27.8 Å². The van der Waals surface area contributed by atoms with E-state index >= 15 is 0 Å². The predicted octanol–water partition coefficient (Wildman–Crippen LogP) is 4.41. The predicted molar refractivity (Wildman–Crippen MR) is 120 cm³/mol. The normalized spacial score (nSPS) is 15.7. The minimum atomic E-state index is -3.81. The first kappa shape index (κ1) is 21.4. The van der Waals surface area contributed by atoms with Crippen LogP contribution in [-0.2, 0) is 30.0 Å². The number of sulfonamides is 1. The van der Waals surface area contributed by atoms with Crippen molar-refractivity contribution in [2.45, 2.75) is 23.9 Å². The van der Waals surface area contributed by atoms with E-state index in [0.29, 0.717) is 5.02 Å². The molecule has 2 aromatic carbocycles. The number of nitrogens with zero attached hydrogens (tertiary/aromatic N) is 2. The maximum atomic E-state index is 13.0. The fourth-order valence-electron chi connectivity index (χ4n) is 3.97. The van der Waals surface area contributed by atoms with Crippen molar-refractivity contribution in [2.75, 3.05) is 13.1 Å². The fourth-order valence-corrected chi connectivity index (χ4v) is 5.77. The summed E-state index contributed by atoms with van der Waals surface area (Å²) in [5.41, 5.74) is 3.68. The minimum absolute atomic E-state index is 0.00807. The molecule has 0 fully saturated rings. The molecule has 8 heteroatoms. The number of fused-ring (bicyclic) bond motifs is 1. The van der Waals surface area contributed by atoms with Gasteiger partial charge in [-0.3, -0.25) is 4.90 Å². The maximum Gasteiger partial charge on any atom is 0.242 e. The summed E-state index contributed by atoms with van der Waals surface area (Å²) in [6.07, 6.45) is 2.91. The summed E-state index contributed by atoms with van der Waals surface area (Å²) in [5, 5.41) is 0.473. The largest absolute Gasteiger partial charge is 0.353 e. The topological polar surface area (TPSA) is 54.3 Å². The smallest absolute Gasteiger partial charge is 0.242 e. The minimum Gasteiger partial charge on any atom is -0.353 e. The molecule has 3 aromatic rings. The Bertz CT molecular complexity index is 1160. The SMILES string of the molecule is Cn1cccc1C(CNS(=O)(=O)c1cc(Cl)ccc1Cl)N1CCc2ccccc2C1. The average Bonchev–Trinajstić information content (AvgIpc) is 3.15. The van der Waals surface area contributed by atoms with Gasteiger partial charge in [0.2, 0.25) is 10.0 Å². The molecule has 30 heavy (non-hydrogen) atoms. The Kier molecular flexibility index (Phi) is 6.23. The number of halogens is 2. The van der Waals surface area contributed by atoms with Crippen molar-refractivity contribution in [1.82, 2.24) is 14.2 Å². The van der Waals surface area contributed by atoms with Gasteiger partial charge in [-0.1, -0.05) is 47.5 Å². The third kappa shape index (κ3) is 4.43. The molecular weight excluding hydrogens is 441 g/mol. The van der Waals surface area contributed by atoms with Crippen molar-refractivity contribution in [2.24, 2.45) is 7.05 Å². The van der Waals surface area contributed by atoms with Crippen LogP contribution in [0.15, 0.2) is 65.7 Å². The lowest BCUT2D eigenvalue weighted by molar-refractivity contribution is 0.174. The van der Waals surface area contributed by atoms with E-state index in [4.69, 9.17) is 23.2 Å². The van der Waals surface area contributed by atoms with Crippen molar-refractivity contribution in [1.29, 1.82) is 0 Å². The third-order valence-electron chi connectivity index (χ3n) is 5.58. The fraction of sp³-hybridized carbons (Fsp3) is 0.273. The lowest BCUT2D eigenvalue weighted by Gasteiger charge is -2.36. The Morgan fingerprint density at radius 1 is 1.07 bits per heavy atom. The molecule has 5 nitrogen and oxygen atoms in total. The lowest BCUT2D eigenvalue weighted by atomic mass is 9.98. The molecule has 4 rings (SSSR count). The van der Waals surface area contributed by atoms with Gasteiger partial charge in [0.1, 0.15) is 4.90 Å². The zero-order valence-corrected chi connectivity index (χ0v) is 18.9. The van der Waals surface area contributed by atoms with Crippen molar-refractivity contribution in [3.63, 3.8) is 0 Å². The zero-order chi connectivity index (χ0) is 21.3. The van der Waals surface area contributed by atoms with Gasteiger partial charge < -0.3 is 4.57 Å². The van der Waals surface area contributed by atoms with E-state index < -0.39 is 10.0 Å². The second-order valence-electron chi connectivity index (χ2n) is 7.48. The standard InChI is InChI=1S/C22H23Cl2N3O2S/c1-26-11-4-7-20(26)21(27-12-10-16-5-2-3-6-17(16)15-27)14-25-30(28,29)22-13-18(23)8-9-19(22)24/h2-9,11,13,21,25H,10,12,14-15H2,1H3. The summed E-state index contributed by atoms with van der Waals surface area (Å²) in [5.74, 6) is 0. The molecule has 0 aliphatic carbocycles. The van der Waals surface area contributed by atoms with E-state index in [-0.39, 0.29) is 22.5 Å². The molecule has 0 spiro atoms. The van der Waals surface area contributed by atoms with Gasteiger partial charge in [0.15, 0.2) is 0 Å². The van der Waals surface area contributed by atoms with Crippen LogP contribution in [0.1, 0.15) is 22.9 Å². The first-order chi connectivity index (χ1) is 14.3. The highest BCUT2D eigenvalue weighted by molar-refractivity contribution is 7.89. The van der Waals surface area contributed by atoms with Crippen LogP contribution >= 0.6 is 23.2 Å². The molecule has 0 radical (unpaired) electrons. The van der Waals surface area contributed by atoms with Crippen LogP contribution in [-0.4, -0.2) is 31.0 Å². The Hall–Kier alpha value is -1.83. The summed E-state index contributed by atoms with van der Waals surface area (Å²) in [6, 6.07) is 16.7. The van der Waals surface area contributed by atoms with Gasteiger partial charge >= 0.3 is 0 Å². The number of benzene rings is 2. The lowest BCUT2D eigenvalue weighted by Crippen LogP contribution is -2.41. The number of rotatable bonds is 6. The Morgan fingerprint density at radius 3 is 2.57 bits per heavy atom. The molecule has 0 amide bonds. The van der Waals surface area contributed by atoms with Crippen LogP contribution in [0.5, 0.6) is 0 Å². The molecule has 1 aliphatic heterocycles. The van der Waals surface area contributed by atoms with Gasteiger partial charge in [0.05, 0.1) is 11.1 Å². The molecule has 0 saturated carbocycles. The van der Waals surface area contributed by atoms with Crippen LogP contribution in [0.4, 0.5) is 0 Å². The second kappa shape index (κ2) is 8.73. The Balaban J connectivity index is 1.60. The molecule has 0 bridgehead atoms. The van der Waals surface area contributed by atoms with Gasteiger partial charge in [-0.2, -0.15) is 0 Å². The van der Waals surface area contributed by atoms with Gasteiger partial charge in [0, 0.05) is 43.6 Å². The van der Waals surface area contributed by atoms with Crippen molar-refractivity contribution in [3.8, 4) is 0 Å². The molecule has 2 heterocycles. The molecule has 1 atom stereocenters. The van der Waals surface area contributed by atoms with E-state index in [1.807, 2.05) is 36.0 Å². The van der Waals surface area contributed by atoms with Crippen LogP contribution in [0.3, 0.4) is 0 Å². The summed E-state index contributed by atoms with van der Waals surface area (Å²) in [4.78, 5) is 2.31. The molecule has 1 N–H and O–H groups in total. The number of hydrogen-bond acceptors (Lipinski definition) is 3. The quantitative estimate of drug-likeness (QED) is 0.588. The van der Waals surface area contributed by atoms with Crippen LogP contribution in [0.25, 0.3) is 0 Å². The van der Waals surface area contributed by atoms with E-state index in [1.54, 1.807) is 6.07 Å². The summed E-state index contributed by atoms with van der Waals surface area (Å²) >= 11 is 12.1. The van der Waals surface area contributed by atoms with Crippen LogP contribution in [0, 0.1) is 0 Å². The van der Waals surface area contributed by atoms with Gasteiger partial charge in [-0.25, -0.2) is 13.1 Å². The first-order valence-corrected chi connectivity index (χ1v) is 12.0. The number of hydrogen-bond donors (Lipinski definition) is 1. The summed E-state index contributed by atoms with van der Waals surface area (Å²) in [6.45, 7) is 1.85. The zero-order valence-electron chi connectivity index (χ0n) is 16.6. The van der Waals surface area contributed by atoms with Crippen molar-refractivity contribution in [3.05, 3.63) is 87.7 Å². The molecule has 158 valence electrons. The first-order valence-electron chi connectivity index (χ1n) is 9.72. The van der Waals surface area contributed by atoms with Gasteiger partial charge in [-0.05, 0) is 47.9 Å². The van der Waals surface area contributed by atoms with E-state index in [0.717, 1.165) is 25.2 Å². The molecule has 1 aromatic heterocycles.